The maximum atomic E-state index is 11.8. The van der Waals surface area contributed by atoms with E-state index < -0.39 is 0 Å². The van der Waals surface area contributed by atoms with Gasteiger partial charge in [0.1, 0.15) is 12.4 Å². The van der Waals surface area contributed by atoms with Gasteiger partial charge in [-0.25, -0.2) is 0 Å². The van der Waals surface area contributed by atoms with E-state index in [2.05, 4.69) is 10.4 Å². The molecule has 2 rings (SSSR count). The van der Waals surface area contributed by atoms with E-state index in [1.807, 2.05) is 6.92 Å². The van der Waals surface area contributed by atoms with E-state index in [0.717, 1.165) is 6.42 Å². The van der Waals surface area contributed by atoms with Gasteiger partial charge in [0.2, 0.25) is 5.91 Å². The number of nitrogens with one attached hydrogen (secondary N) is 1. The molecule has 3 N–H and O–H groups in total. The number of anilines is 2. The number of nitrogens with two attached hydrogens (primary N) is 1. The Kier molecular flexibility index (Phi) is 4.19. The summed E-state index contributed by atoms with van der Waals surface area (Å²) in [4.78, 5) is 23.4. The van der Waals surface area contributed by atoms with Gasteiger partial charge in [0, 0.05) is 25.0 Å². The van der Waals surface area contributed by atoms with Crippen molar-refractivity contribution < 1.29 is 4.79 Å². The van der Waals surface area contributed by atoms with Gasteiger partial charge < -0.3 is 15.6 Å². The molecule has 2 aromatic heterocycles. The monoisotopic (exact) mass is 275 g/mol. The first-order valence-electron chi connectivity index (χ1n) is 6.38. The molecule has 106 valence electrons. The molecule has 7 nitrogen and oxygen atoms in total. The van der Waals surface area contributed by atoms with Gasteiger partial charge in [0.25, 0.3) is 5.56 Å². The number of carbonyl (C=O) groups is 1. The van der Waals surface area contributed by atoms with E-state index >= 15 is 0 Å². The van der Waals surface area contributed by atoms with Crippen molar-refractivity contribution in [3.05, 3.63) is 40.9 Å². The average molecular weight is 275 g/mol. The highest BCUT2D eigenvalue weighted by atomic mass is 16.2. The molecular weight excluding hydrogens is 258 g/mol. The predicted octanol–water partition coefficient (Wildman–Crippen LogP) is 0.676. The number of nitrogens with zero attached hydrogens (tertiary/aromatic N) is 3. The molecule has 0 radical (unpaired) electrons. The quantitative estimate of drug-likeness (QED) is 0.838. The summed E-state index contributed by atoms with van der Waals surface area (Å²) in [5.41, 5.74) is 5.98. The standard InChI is InChI=1S/C13H17N5O2/c1-2-6-17-8-10(3-4-13(17)20)15-12(19)9-18-7-5-11(14)16-18/h3-5,7-8H,2,6,9H2,1H3,(H2,14,16)(H,15,19). The lowest BCUT2D eigenvalue weighted by Crippen LogP contribution is -2.22. The van der Waals surface area contributed by atoms with Crippen LogP contribution in [-0.2, 0) is 17.9 Å². The number of nitrogen functional groups attached to an aromatic ring is 1. The number of aromatic nitrogens is 3. The Balaban J connectivity index is 2.04. The Morgan fingerprint density at radius 3 is 2.85 bits per heavy atom. The molecule has 0 bridgehead atoms. The van der Waals surface area contributed by atoms with Crippen molar-refractivity contribution in [2.75, 3.05) is 11.1 Å². The van der Waals surface area contributed by atoms with Crippen molar-refractivity contribution in [3.63, 3.8) is 0 Å². The summed E-state index contributed by atoms with van der Waals surface area (Å²) in [6.45, 7) is 2.68. The molecule has 0 atom stereocenters. The third-order valence-corrected chi connectivity index (χ3v) is 2.70. The second-order valence-corrected chi connectivity index (χ2v) is 4.44. The van der Waals surface area contributed by atoms with Crippen molar-refractivity contribution >= 4 is 17.4 Å². The first-order chi connectivity index (χ1) is 9.58. The smallest absolute Gasteiger partial charge is 0.250 e. The number of pyridine rings is 1. The van der Waals surface area contributed by atoms with E-state index in [1.165, 1.54) is 10.7 Å². The summed E-state index contributed by atoms with van der Waals surface area (Å²) in [7, 11) is 0. The highest BCUT2D eigenvalue weighted by Crippen LogP contribution is 2.04. The largest absolute Gasteiger partial charge is 0.382 e. The number of amides is 1. The minimum absolute atomic E-state index is 0.0735. The average Bonchev–Trinajstić information content (AvgIpc) is 2.79. The SMILES string of the molecule is CCCn1cc(NC(=O)Cn2ccc(N)n2)ccc1=O. The maximum Gasteiger partial charge on any atom is 0.250 e. The van der Waals surface area contributed by atoms with Gasteiger partial charge in [-0.3, -0.25) is 14.3 Å². The van der Waals surface area contributed by atoms with Crippen molar-refractivity contribution in [2.45, 2.75) is 26.4 Å². The van der Waals surface area contributed by atoms with Crippen LogP contribution >= 0.6 is 0 Å². The number of carbonyl (C=O) groups excluding carboxylic acids is 1. The second kappa shape index (κ2) is 6.05. The van der Waals surface area contributed by atoms with Crippen molar-refractivity contribution in [1.82, 2.24) is 14.3 Å². The lowest BCUT2D eigenvalue weighted by molar-refractivity contribution is -0.116. The summed E-state index contributed by atoms with van der Waals surface area (Å²) in [5.74, 6) is 0.143. The van der Waals surface area contributed by atoms with E-state index in [9.17, 15) is 9.59 Å². The second-order valence-electron chi connectivity index (χ2n) is 4.44. The van der Waals surface area contributed by atoms with Crippen LogP contribution in [-0.4, -0.2) is 20.3 Å². The van der Waals surface area contributed by atoms with Crippen LogP contribution in [0, 0.1) is 0 Å². The van der Waals surface area contributed by atoms with E-state index in [-0.39, 0.29) is 18.0 Å². The predicted molar refractivity (Wildman–Crippen MR) is 76.3 cm³/mol. The molecule has 0 unspecified atom stereocenters. The van der Waals surface area contributed by atoms with Crippen LogP contribution in [0.3, 0.4) is 0 Å². The van der Waals surface area contributed by atoms with Gasteiger partial charge in [-0.2, -0.15) is 5.10 Å². The Morgan fingerprint density at radius 2 is 2.20 bits per heavy atom. The van der Waals surface area contributed by atoms with Crippen LogP contribution in [0.4, 0.5) is 11.5 Å². The molecule has 1 amide bonds. The van der Waals surface area contributed by atoms with Crippen molar-refractivity contribution in [2.24, 2.45) is 0 Å². The fraction of sp³-hybridized carbons (Fsp3) is 0.308. The summed E-state index contributed by atoms with van der Waals surface area (Å²) in [5, 5.41) is 6.66. The Hall–Kier alpha value is -2.57. The van der Waals surface area contributed by atoms with Gasteiger partial charge in [-0.15, -0.1) is 0 Å². The van der Waals surface area contributed by atoms with Gasteiger partial charge in [-0.05, 0) is 18.6 Å². The first kappa shape index (κ1) is 13.9. The van der Waals surface area contributed by atoms with Crippen molar-refractivity contribution in [1.29, 1.82) is 0 Å². The minimum atomic E-state index is -0.227. The number of aryl methyl sites for hydroxylation is 1. The van der Waals surface area contributed by atoms with Gasteiger partial charge in [0.05, 0.1) is 5.69 Å². The third-order valence-electron chi connectivity index (χ3n) is 2.70. The minimum Gasteiger partial charge on any atom is -0.382 e. The molecular formula is C13H17N5O2. The zero-order chi connectivity index (χ0) is 14.5. The molecule has 2 aromatic rings. The summed E-state index contributed by atoms with van der Waals surface area (Å²) in [6.07, 6.45) is 4.12. The Labute approximate surface area is 116 Å². The molecule has 0 aliphatic rings. The fourth-order valence-corrected chi connectivity index (χ4v) is 1.83. The van der Waals surface area contributed by atoms with Crippen molar-refractivity contribution in [3.8, 4) is 0 Å². The molecule has 0 aliphatic heterocycles. The molecule has 0 spiro atoms. The highest BCUT2D eigenvalue weighted by molar-refractivity contribution is 5.90. The summed E-state index contributed by atoms with van der Waals surface area (Å²) < 4.78 is 3.02. The van der Waals surface area contributed by atoms with Gasteiger partial charge in [0.15, 0.2) is 0 Å². The van der Waals surface area contributed by atoms with E-state index in [0.29, 0.717) is 18.1 Å². The summed E-state index contributed by atoms with van der Waals surface area (Å²) in [6, 6.07) is 4.65. The Bertz CT molecular complexity index is 659. The van der Waals surface area contributed by atoms with E-state index in [4.69, 9.17) is 5.73 Å². The zero-order valence-electron chi connectivity index (χ0n) is 11.2. The lowest BCUT2D eigenvalue weighted by atomic mass is 10.3. The first-order valence-corrected chi connectivity index (χ1v) is 6.38. The fourth-order valence-electron chi connectivity index (χ4n) is 1.83. The molecule has 0 saturated carbocycles. The molecule has 0 aliphatic carbocycles. The van der Waals surface area contributed by atoms with Gasteiger partial charge >= 0.3 is 0 Å². The van der Waals surface area contributed by atoms with Crippen LogP contribution < -0.4 is 16.6 Å². The molecule has 2 heterocycles. The number of hydrogen-bond acceptors (Lipinski definition) is 4. The number of hydrogen-bond donors (Lipinski definition) is 2. The molecule has 7 heteroatoms. The maximum absolute atomic E-state index is 11.8. The van der Waals surface area contributed by atoms with Crippen LogP contribution in [0.1, 0.15) is 13.3 Å². The van der Waals surface area contributed by atoms with Crippen LogP contribution in [0.2, 0.25) is 0 Å². The molecule has 0 aromatic carbocycles. The molecule has 20 heavy (non-hydrogen) atoms. The van der Waals surface area contributed by atoms with Crippen LogP contribution in [0.25, 0.3) is 0 Å². The molecule has 0 saturated heterocycles. The van der Waals surface area contributed by atoms with Crippen LogP contribution in [0.15, 0.2) is 35.4 Å². The lowest BCUT2D eigenvalue weighted by Gasteiger charge is -2.08. The third kappa shape index (κ3) is 3.47. The highest BCUT2D eigenvalue weighted by Gasteiger charge is 2.06. The topological polar surface area (TPSA) is 94.9 Å². The molecule has 0 fully saturated rings. The van der Waals surface area contributed by atoms with Crippen LogP contribution in [0.5, 0.6) is 0 Å². The number of rotatable bonds is 5. The normalized spacial score (nSPS) is 10.4. The van der Waals surface area contributed by atoms with E-state index in [1.54, 1.807) is 29.1 Å². The Morgan fingerprint density at radius 1 is 1.40 bits per heavy atom. The van der Waals surface area contributed by atoms with Gasteiger partial charge in [-0.1, -0.05) is 6.92 Å². The summed E-state index contributed by atoms with van der Waals surface area (Å²) >= 11 is 0. The zero-order valence-corrected chi connectivity index (χ0v) is 11.2.